The largest absolute Gasteiger partial charge is 0.494 e. The lowest BCUT2D eigenvalue weighted by atomic mass is 10.0. The van der Waals surface area contributed by atoms with Crippen LogP contribution >= 0.6 is 12.2 Å². The summed E-state index contributed by atoms with van der Waals surface area (Å²) in [6, 6.07) is 16.2. The van der Waals surface area contributed by atoms with Crippen molar-refractivity contribution in [2.45, 2.75) is 26.8 Å². The molecule has 2 N–H and O–H groups in total. The number of rotatable bonds is 5. The van der Waals surface area contributed by atoms with Crippen LogP contribution in [0.3, 0.4) is 0 Å². The van der Waals surface area contributed by atoms with Gasteiger partial charge in [-0.25, -0.2) is 0 Å². The molecule has 4 heteroatoms. The summed E-state index contributed by atoms with van der Waals surface area (Å²) in [5.74, 6) is 0.835. The summed E-state index contributed by atoms with van der Waals surface area (Å²) in [5.41, 5.74) is 3.42. The fraction of sp³-hybridized carbons (Fsp3) is 0.278. The first-order valence-electron chi connectivity index (χ1n) is 7.46. The van der Waals surface area contributed by atoms with Gasteiger partial charge in [0.2, 0.25) is 0 Å². The van der Waals surface area contributed by atoms with Gasteiger partial charge in [-0.05, 0) is 56.2 Å². The van der Waals surface area contributed by atoms with Gasteiger partial charge in [-0.3, -0.25) is 0 Å². The summed E-state index contributed by atoms with van der Waals surface area (Å²) in [5, 5.41) is 7.12. The molecule has 2 rings (SSSR count). The summed E-state index contributed by atoms with van der Waals surface area (Å²) in [6.07, 6.45) is 0. The number of ether oxygens (including phenoxy) is 1. The Kier molecular flexibility index (Phi) is 5.78. The molecule has 1 atom stereocenters. The van der Waals surface area contributed by atoms with Crippen LogP contribution in [-0.2, 0) is 0 Å². The molecule has 0 heterocycles. The first-order valence-corrected chi connectivity index (χ1v) is 7.87. The van der Waals surface area contributed by atoms with Crippen molar-refractivity contribution in [1.82, 2.24) is 5.32 Å². The molecule has 0 aliphatic heterocycles. The van der Waals surface area contributed by atoms with Gasteiger partial charge < -0.3 is 15.4 Å². The molecule has 2 aromatic rings. The molecule has 22 heavy (non-hydrogen) atoms. The lowest BCUT2D eigenvalue weighted by Crippen LogP contribution is -2.31. The van der Waals surface area contributed by atoms with Gasteiger partial charge in [-0.15, -0.1) is 0 Å². The van der Waals surface area contributed by atoms with Crippen molar-refractivity contribution in [3.8, 4) is 5.75 Å². The summed E-state index contributed by atoms with van der Waals surface area (Å²) < 4.78 is 5.49. The molecule has 2 aromatic carbocycles. The maximum absolute atomic E-state index is 5.49. The zero-order valence-electron chi connectivity index (χ0n) is 13.2. The zero-order valence-corrected chi connectivity index (χ0v) is 14.0. The van der Waals surface area contributed by atoms with E-state index in [0.29, 0.717) is 11.7 Å². The van der Waals surface area contributed by atoms with Crippen molar-refractivity contribution in [2.24, 2.45) is 0 Å². The van der Waals surface area contributed by atoms with Gasteiger partial charge in [0, 0.05) is 11.8 Å². The van der Waals surface area contributed by atoms with Crippen molar-refractivity contribution >= 4 is 23.0 Å². The van der Waals surface area contributed by atoms with E-state index in [9.17, 15) is 0 Å². The van der Waals surface area contributed by atoms with Crippen LogP contribution in [0.15, 0.2) is 48.5 Å². The number of anilines is 1. The topological polar surface area (TPSA) is 33.3 Å². The first kappa shape index (κ1) is 16.3. The Hall–Kier alpha value is -2.07. The lowest BCUT2D eigenvalue weighted by Gasteiger charge is -2.19. The molecule has 0 aliphatic carbocycles. The minimum atomic E-state index is 0.149. The number of hydrogen-bond donors (Lipinski definition) is 2. The average Bonchev–Trinajstić information content (AvgIpc) is 2.48. The Balaban J connectivity index is 1.98. The Morgan fingerprint density at radius 3 is 2.68 bits per heavy atom. The van der Waals surface area contributed by atoms with E-state index < -0.39 is 0 Å². The van der Waals surface area contributed by atoms with Crippen molar-refractivity contribution in [3.05, 3.63) is 59.7 Å². The minimum Gasteiger partial charge on any atom is -0.494 e. The highest BCUT2D eigenvalue weighted by molar-refractivity contribution is 7.80. The molecular weight excluding hydrogens is 292 g/mol. The maximum atomic E-state index is 5.49. The molecular formula is C18H22N2OS. The lowest BCUT2D eigenvalue weighted by molar-refractivity contribution is 0.340. The van der Waals surface area contributed by atoms with E-state index in [0.717, 1.165) is 11.4 Å². The fourth-order valence-corrected chi connectivity index (χ4v) is 2.64. The number of nitrogens with one attached hydrogen (secondary N) is 2. The highest BCUT2D eigenvalue weighted by Crippen LogP contribution is 2.19. The van der Waals surface area contributed by atoms with Crippen molar-refractivity contribution in [2.75, 3.05) is 11.9 Å². The number of thiocarbonyl (C=S) groups is 1. The Labute approximate surface area is 137 Å². The third-order valence-electron chi connectivity index (χ3n) is 3.41. The average molecular weight is 314 g/mol. The summed E-state index contributed by atoms with van der Waals surface area (Å²) in [4.78, 5) is 0. The van der Waals surface area contributed by atoms with Crippen molar-refractivity contribution in [3.63, 3.8) is 0 Å². The van der Waals surface area contributed by atoms with Crippen LogP contribution in [0.25, 0.3) is 0 Å². The molecule has 0 radical (unpaired) electrons. The molecule has 0 amide bonds. The predicted molar refractivity (Wildman–Crippen MR) is 96.6 cm³/mol. The predicted octanol–water partition coefficient (Wildman–Crippen LogP) is 4.44. The molecule has 1 unspecified atom stereocenters. The van der Waals surface area contributed by atoms with Gasteiger partial charge in [0.05, 0.1) is 12.6 Å². The first-order chi connectivity index (χ1) is 10.6. The molecule has 0 bridgehead atoms. The molecule has 0 saturated heterocycles. The smallest absolute Gasteiger partial charge is 0.171 e. The monoisotopic (exact) mass is 314 g/mol. The van der Waals surface area contributed by atoms with Crippen LogP contribution in [0.4, 0.5) is 5.69 Å². The number of benzene rings is 2. The Bertz CT molecular complexity index is 642. The van der Waals surface area contributed by atoms with Gasteiger partial charge in [0.1, 0.15) is 5.75 Å². The van der Waals surface area contributed by atoms with E-state index in [1.807, 2.05) is 43.3 Å². The normalized spacial score (nSPS) is 11.6. The van der Waals surface area contributed by atoms with Crippen LogP contribution in [-0.4, -0.2) is 11.7 Å². The van der Waals surface area contributed by atoms with Gasteiger partial charge in [0.15, 0.2) is 5.11 Å². The number of aryl methyl sites for hydroxylation is 1. The van der Waals surface area contributed by atoms with E-state index in [4.69, 9.17) is 17.0 Å². The fourth-order valence-electron chi connectivity index (χ4n) is 2.34. The van der Waals surface area contributed by atoms with Crippen LogP contribution in [0.2, 0.25) is 0 Å². The van der Waals surface area contributed by atoms with Crippen molar-refractivity contribution in [1.29, 1.82) is 0 Å². The summed E-state index contributed by atoms with van der Waals surface area (Å²) in [6.45, 7) is 6.83. The van der Waals surface area contributed by atoms with E-state index in [1.165, 1.54) is 11.1 Å². The third kappa shape index (κ3) is 4.46. The van der Waals surface area contributed by atoms with Crippen LogP contribution in [0, 0.1) is 6.92 Å². The highest BCUT2D eigenvalue weighted by atomic mass is 32.1. The maximum Gasteiger partial charge on any atom is 0.171 e. The molecule has 0 fully saturated rings. The second-order valence-electron chi connectivity index (χ2n) is 5.14. The molecule has 3 nitrogen and oxygen atoms in total. The Morgan fingerprint density at radius 1 is 1.18 bits per heavy atom. The van der Waals surface area contributed by atoms with Crippen LogP contribution in [0.5, 0.6) is 5.75 Å². The quantitative estimate of drug-likeness (QED) is 0.799. The van der Waals surface area contributed by atoms with Crippen LogP contribution in [0.1, 0.15) is 31.0 Å². The second kappa shape index (κ2) is 7.80. The van der Waals surface area contributed by atoms with E-state index in [2.05, 4.69) is 36.6 Å². The molecule has 0 saturated carbocycles. The van der Waals surface area contributed by atoms with E-state index in [1.54, 1.807) is 0 Å². The second-order valence-corrected chi connectivity index (χ2v) is 5.55. The molecule has 116 valence electrons. The van der Waals surface area contributed by atoms with Crippen molar-refractivity contribution < 1.29 is 4.74 Å². The van der Waals surface area contributed by atoms with Gasteiger partial charge >= 0.3 is 0 Å². The summed E-state index contributed by atoms with van der Waals surface area (Å²) >= 11 is 5.40. The zero-order chi connectivity index (χ0) is 15.9. The number of hydrogen-bond acceptors (Lipinski definition) is 2. The van der Waals surface area contributed by atoms with Crippen LogP contribution < -0.4 is 15.4 Å². The summed E-state index contributed by atoms with van der Waals surface area (Å²) in [7, 11) is 0. The SMILES string of the molecule is CCOc1cccc(NC(=S)NC(C)c2ccccc2C)c1. The third-order valence-corrected chi connectivity index (χ3v) is 3.63. The molecule has 0 spiro atoms. The van der Waals surface area contributed by atoms with Gasteiger partial charge in [0.25, 0.3) is 0 Å². The van der Waals surface area contributed by atoms with Gasteiger partial charge in [-0.1, -0.05) is 30.3 Å². The standard InChI is InChI=1S/C18H22N2OS/c1-4-21-16-10-7-9-15(12-16)20-18(22)19-14(3)17-11-6-5-8-13(17)2/h5-12,14H,4H2,1-3H3,(H2,19,20,22). The van der Waals surface area contributed by atoms with E-state index >= 15 is 0 Å². The van der Waals surface area contributed by atoms with E-state index in [-0.39, 0.29) is 6.04 Å². The Morgan fingerprint density at radius 2 is 1.95 bits per heavy atom. The minimum absolute atomic E-state index is 0.149. The highest BCUT2D eigenvalue weighted by Gasteiger charge is 2.09. The van der Waals surface area contributed by atoms with Gasteiger partial charge in [-0.2, -0.15) is 0 Å². The molecule has 0 aromatic heterocycles. The molecule has 0 aliphatic rings.